The van der Waals surface area contributed by atoms with E-state index >= 15 is 0 Å². The first-order valence-electron chi connectivity index (χ1n) is 7.24. The quantitative estimate of drug-likeness (QED) is 0.690. The largest absolute Gasteiger partial charge is 0.483 e. The molecule has 1 aliphatic heterocycles. The summed E-state index contributed by atoms with van der Waals surface area (Å²) in [5, 5.41) is 0. The van der Waals surface area contributed by atoms with E-state index in [1.54, 1.807) is 0 Å². The van der Waals surface area contributed by atoms with Gasteiger partial charge in [0.2, 0.25) is 0 Å². The van der Waals surface area contributed by atoms with Gasteiger partial charge in [-0.2, -0.15) is 0 Å². The predicted octanol–water partition coefficient (Wildman–Crippen LogP) is 5.21. The second kappa shape index (κ2) is 5.60. The van der Waals surface area contributed by atoms with Crippen LogP contribution in [0.2, 0.25) is 0 Å². The molecule has 0 amide bonds. The zero-order valence-corrected chi connectivity index (χ0v) is 11.8. The van der Waals surface area contributed by atoms with Gasteiger partial charge >= 0.3 is 0 Å². The monoisotopic (exact) mass is 244 g/mol. The van der Waals surface area contributed by atoms with Gasteiger partial charge in [0.1, 0.15) is 11.4 Å². The minimum Gasteiger partial charge on any atom is -0.483 e. The van der Waals surface area contributed by atoms with Gasteiger partial charge in [0.15, 0.2) is 0 Å². The molecule has 1 heteroatoms. The molecule has 0 bridgehead atoms. The Labute approximate surface area is 111 Å². The van der Waals surface area contributed by atoms with E-state index in [1.165, 1.54) is 30.4 Å². The summed E-state index contributed by atoms with van der Waals surface area (Å²) in [5.74, 6) is 1.06. The fraction of sp³-hybridized carbons (Fsp3) is 0.529. The van der Waals surface area contributed by atoms with Crippen molar-refractivity contribution in [1.82, 2.24) is 0 Å². The highest BCUT2D eigenvalue weighted by atomic mass is 16.5. The highest BCUT2D eigenvalue weighted by Gasteiger charge is 2.31. The number of allylic oxidation sites excluding steroid dienone is 1. The summed E-state index contributed by atoms with van der Waals surface area (Å²) in [4.78, 5) is 0. The van der Waals surface area contributed by atoms with E-state index in [4.69, 9.17) is 4.74 Å². The second-order valence-corrected chi connectivity index (χ2v) is 5.14. The molecule has 0 fully saturated rings. The third-order valence-corrected chi connectivity index (χ3v) is 3.98. The smallest absolute Gasteiger partial charge is 0.128 e. The van der Waals surface area contributed by atoms with Crippen molar-refractivity contribution in [3.63, 3.8) is 0 Å². The zero-order chi connectivity index (χ0) is 13.0. The van der Waals surface area contributed by atoms with Crippen molar-refractivity contribution < 1.29 is 4.74 Å². The molecule has 1 heterocycles. The van der Waals surface area contributed by atoms with Crippen LogP contribution in [0.3, 0.4) is 0 Å². The van der Waals surface area contributed by atoms with Gasteiger partial charge in [0.05, 0.1) is 0 Å². The Bertz CT molecular complexity index is 427. The number of fused-ring (bicyclic) bond motifs is 1. The number of rotatable bonds is 5. The molecular weight excluding hydrogens is 220 g/mol. The Hall–Kier alpha value is -1.24. The first-order chi connectivity index (χ1) is 8.74. The van der Waals surface area contributed by atoms with Crippen LogP contribution in [0.25, 0.3) is 5.57 Å². The fourth-order valence-electron chi connectivity index (χ4n) is 2.64. The standard InChI is InChI=1S/C17H24O/c1-4-7-10-14-13-17(5-2,6-3)18-16-12-9-8-11-15(14)16/h8-9,11-13H,4-7,10H2,1-3H3. The summed E-state index contributed by atoms with van der Waals surface area (Å²) in [7, 11) is 0. The molecule has 1 aromatic rings. The highest BCUT2D eigenvalue weighted by molar-refractivity contribution is 5.73. The maximum absolute atomic E-state index is 6.25. The molecule has 0 spiro atoms. The fourth-order valence-corrected chi connectivity index (χ4v) is 2.64. The minimum atomic E-state index is -0.0859. The Morgan fingerprint density at radius 2 is 1.78 bits per heavy atom. The lowest BCUT2D eigenvalue weighted by Crippen LogP contribution is -2.35. The normalized spacial score (nSPS) is 16.7. The third kappa shape index (κ3) is 2.45. The third-order valence-electron chi connectivity index (χ3n) is 3.98. The Kier molecular flexibility index (Phi) is 4.11. The maximum atomic E-state index is 6.25. The van der Waals surface area contributed by atoms with E-state index in [-0.39, 0.29) is 5.60 Å². The summed E-state index contributed by atoms with van der Waals surface area (Å²) in [6, 6.07) is 8.46. The molecule has 98 valence electrons. The van der Waals surface area contributed by atoms with Crippen molar-refractivity contribution in [3.05, 3.63) is 35.9 Å². The summed E-state index contributed by atoms with van der Waals surface area (Å²) in [6.45, 7) is 6.68. The Morgan fingerprint density at radius 3 is 2.44 bits per heavy atom. The first-order valence-corrected chi connectivity index (χ1v) is 7.24. The number of hydrogen-bond donors (Lipinski definition) is 0. The van der Waals surface area contributed by atoms with E-state index in [0.717, 1.165) is 18.6 Å². The van der Waals surface area contributed by atoms with Crippen LogP contribution in [-0.4, -0.2) is 5.60 Å². The molecule has 0 saturated carbocycles. The molecule has 18 heavy (non-hydrogen) atoms. The molecule has 0 radical (unpaired) electrons. The zero-order valence-electron chi connectivity index (χ0n) is 11.8. The molecule has 0 aromatic heterocycles. The average molecular weight is 244 g/mol. The minimum absolute atomic E-state index is 0.0859. The van der Waals surface area contributed by atoms with Crippen LogP contribution < -0.4 is 4.74 Å². The summed E-state index contributed by atoms with van der Waals surface area (Å²) in [5.41, 5.74) is 2.68. The molecule has 0 unspecified atom stereocenters. The maximum Gasteiger partial charge on any atom is 0.128 e. The topological polar surface area (TPSA) is 9.23 Å². The van der Waals surface area contributed by atoms with Gasteiger partial charge in [-0.25, -0.2) is 0 Å². The van der Waals surface area contributed by atoms with Gasteiger partial charge in [0.25, 0.3) is 0 Å². The van der Waals surface area contributed by atoms with E-state index in [9.17, 15) is 0 Å². The van der Waals surface area contributed by atoms with Crippen LogP contribution in [0.5, 0.6) is 5.75 Å². The molecule has 0 saturated heterocycles. The molecule has 0 N–H and O–H groups in total. The van der Waals surface area contributed by atoms with Gasteiger partial charge in [-0.1, -0.05) is 45.4 Å². The van der Waals surface area contributed by atoms with Gasteiger partial charge in [0, 0.05) is 5.56 Å². The van der Waals surface area contributed by atoms with Crippen LogP contribution >= 0.6 is 0 Å². The average Bonchev–Trinajstić information content (AvgIpc) is 2.44. The number of benzene rings is 1. The van der Waals surface area contributed by atoms with Crippen molar-refractivity contribution in [2.75, 3.05) is 0 Å². The van der Waals surface area contributed by atoms with Crippen LogP contribution in [0.4, 0.5) is 0 Å². The summed E-state index contributed by atoms with van der Waals surface area (Å²) in [6.07, 6.45) is 8.11. The van der Waals surface area contributed by atoms with Crippen molar-refractivity contribution >= 4 is 5.57 Å². The van der Waals surface area contributed by atoms with E-state index in [0.29, 0.717) is 0 Å². The van der Waals surface area contributed by atoms with E-state index < -0.39 is 0 Å². The Balaban J connectivity index is 2.39. The van der Waals surface area contributed by atoms with Crippen molar-refractivity contribution in [2.24, 2.45) is 0 Å². The van der Waals surface area contributed by atoms with Crippen LogP contribution in [0, 0.1) is 0 Å². The number of hydrogen-bond acceptors (Lipinski definition) is 1. The number of unbranched alkanes of at least 4 members (excludes halogenated alkanes) is 1. The van der Waals surface area contributed by atoms with Crippen molar-refractivity contribution in [3.8, 4) is 5.75 Å². The van der Waals surface area contributed by atoms with E-state index in [1.807, 2.05) is 0 Å². The summed E-state index contributed by atoms with van der Waals surface area (Å²) < 4.78 is 6.25. The molecule has 2 rings (SSSR count). The lowest BCUT2D eigenvalue weighted by molar-refractivity contribution is 0.107. The molecule has 0 aliphatic carbocycles. The molecule has 0 atom stereocenters. The Morgan fingerprint density at radius 1 is 1.06 bits per heavy atom. The number of para-hydroxylation sites is 1. The SMILES string of the molecule is CCCCC1=CC(CC)(CC)Oc2ccccc21. The van der Waals surface area contributed by atoms with Crippen molar-refractivity contribution in [2.45, 2.75) is 58.5 Å². The van der Waals surface area contributed by atoms with E-state index in [2.05, 4.69) is 51.1 Å². The predicted molar refractivity (Wildman–Crippen MR) is 77.9 cm³/mol. The molecule has 1 nitrogen and oxygen atoms in total. The van der Waals surface area contributed by atoms with Gasteiger partial charge in [-0.05, 0) is 43.4 Å². The van der Waals surface area contributed by atoms with Gasteiger partial charge in [-0.3, -0.25) is 0 Å². The molecular formula is C17H24O. The molecule has 1 aliphatic rings. The van der Waals surface area contributed by atoms with Gasteiger partial charge in [-0.15, -0.1) is 0 Å². The molecule has 1 aromatic carbocycles. The van der Waals surface area contributed by atoms with Crippen LogP contribution in [-0.2, 0) is 0 Å². The second-order valence-electron chi connectivity index (χ2n) is 5.14. The van der Waals surface area contributed by atoms with Crippen LogP contribution in [0.15, 0.2) is 30.3 Å². The van der Waals surface area contributed by atoms with Gasteiger partial charge < -0.3 is 4.74 Å². The van der Waals surface area contributed by atoms with Crippen LogP contribution in [0.1, 0.15) is 58.4 Å². The number of ether oxygens (including phenoxy) is 1. The van der Waals surface area contributed by atoms with Crippen molar-refractivity contribution in [1.29, 1.82) is 0 Å². The first kappa shape index (κ1) is 13.2. The highest BCUT2D eigenvalue weighted by Crippen LogP contribution is 2.40. The lowest BCUT2D eigenvalue weighted by Gasteiger charge is -2.36. The summed E-state index contributed by atoms with van der Waals surface area (Å²) >= 11 is 0. The lowest BCUT2D eigenvalue weighted by atomic mass is 9.86.